The minimum atomic E-state index is -0.704. The number of aliphatic hydroxyl groups excluding tert-OH is 1. The first-order valence-electron chi connectivity index (χ1n) is 14.4. The van der Waals surface area contributed by atoms with Crippen LogP contribution in [-0.2, 0) is 14.4 Å². The number of nitrogens with zero attached hydrogens (tertiary/aromatic N) is 1. The lowest BCUT2D eigenvalue weighted by atomic mass is 9.66. The van der Waals surface area contributed by atoms with Gasteiger partial charge in [0.05, 0.1) is 30.3 Å². The average Bonchev–Trinajstić information content (AvgIpc) is 3.56. The van der Waals surface area contributed by atoms with E-state index in [4.69, 9.17) is 9.47 Å². The molecule has 3 aliphatic heterocycles. The van der Waals surface area contributed by atoms with Crippen LogP contribution in [0.2, 0.25) is 0 Å². The predicted molar refractivity (Wildman–Crippen MR) is 159 cm³/mol. The second-order valence-electron chi connectivity index (χ2n) is 11.0. The molecule has 3 amide bonds. The van der Waals surface area contributed by atoms with Crippen LogP contribution in [0.5, 0.6) is 11.5 Å². The van der Waals surface area contributed by atoms with Gasteiger partial charge in [0.2, 0.25) is 17.7 Å². The monoisotopic (exact) mass is 581 g/mol. The molecule has 2 bridgehead atoms. The molecule has 3 heterocycles. The van der Waals surface area contributed by atoms with E-state index in [9.17, 15) is 19.5 Å². The summed E-state index contributed by atoms with van der Waals surface area (Å²) >= 11 is 1.65. The summed E-state index contributed by atoms with van der Waals surface area (Å²) < 4.78 is 10.1. The Hall–Kier alpha value is -3.24. The van der Waals surface area contributed by atoms with Gasteiger partial charge < -0.3 is 30.1 Å². The summed E-state index contributed by atoms with van der Waals surface area (Å²) in [6, 6.07) is 13.6. The number of fused-ring (bicyclic) bond motifs is 1. The number of benzene rings is 2. The number of hydrogen-bond acceptors (Lipinski definition) is 7. The van der Waals surface area contributed by atoms with Crippen LogP contribution in [0, 0.1) is 17.8 Å². The molecule has 1 spiro atoms. The molecule has 3 saturated heterocycles. The van der Waals surface area contributed by atoms with E-state index in [1.165, 1.54) is 0 Å². The summed E-state index contributed by atoms with van der Waals surface area (Å²) in [6.07, 6.45) is 2.82. The first kappa shape index (κ1) is 29.3. The van der Waals surface area contributed by atoms with Crippen LogP contribution in [0.1, 0.15) is 39.5 Å². The minimum Gasteiger partial charge on any atom is -0.497 e. The molecule has 9 nitrogen and oxygen atoms in total. The number of likely N-dealkylation sites (tertiary alicyclic amines) is 1. The maximum atomic E-state index is 14.2. The van der Waals surface area contributed by atoms with Gasteiger partial charge in [0.15, 0.2) is 0 Å². The molecule has 2 aromatic rings. The van der Waals surface area contributed by atoms with Gasteiger partial charge in [-0.25, -0.2) is 0 Å². The predicted octanol–water partition coefficient (Wildman–Crippen LogP) is 4.17. The van der Waals surface area contributed by atoms with Crippen LogP contribution in [-0.4, -0.2) is 70.6 Å². The molecule has 6 atom stereocenters. The Bertz CT molecular complexity index is 1260. The standard InChI is InChI=1S/C31H39N3O6S/c1-4-40-23-14-10-20(11-15-23)32-28(36)25-24-18-19(2)31(41-24)26(25)30(38)34(16-6-5-7-17-35)27(31)29(37)33-21-8-12-22(39-3)13-9-21/h8-15,19,24-27,35H,4-7,16-18H2,1-3H3,(H,32,36)(H,33,37)/t19?,24-,25+,26-,27?,31?/m0/s1. The Kier molecular flexibility index (Phi) is 8.79. The third-order valence-corrected chi connectivity index (χ3v) is 10.7. The highest BCUT2D eigenvalue weighted by atomic mass is 32.2. The highest BCUT2D eigenvalue weighted by Gasteiger charge is 2.75. The second kappa shape index (κ2) is 12.3. The maximum Gasteiger partial charge on any atom is 0.248 e. The van der Waals surface area contributed by atoms with E-state index < -0.39 is 22.6 Å². The van der Waals surface area contributed by atoms with Gasteiger partial charge in [-0.2, -0.15) is 0 Å². The van der Waals surface area contributed by atoms with Gasteiger partial charge in [-0.3, -0.25) is 14.4 Å². The molecule has 5 rings (SSSR count). The SMILES string of the molecule is CCOc1ccc(NC(=O)[C@@H]2[C@@H]3CC(C)C4(S3)C(C(=O)Nc3ccc(OC)cc3)N(CCCCCO)C(=O)[C@H]24)cc1. The smallest absolute Gasteiger partial charge is 0.248 e. The zero-order valence-electron chi connectivity index (χ0n) is 23.8. The van der Waals surface area contributed by atoms with Crippen molar-refractivity contribution in [3.05, 3.63) is 48.5 Å². The Balaban J connectivity index is 1.42. The topological polar surface area (TPSA) is 117 Å². The van der Waals surface area contributed by atoms with E-state index in [0.717, 1.165) is 18.6 Å². The van der Waals surface area contributed by atoms with Gasteiger partial charge in [-0.05, 0) is 87.1 Å². The average molecular weight is 582 g/mol. The number of anilines is 2. The number of aliphatic hydroxyl groups is 1. The Morgan fingerprint density at radius 1 is 1.00 bits per heavy atom. The molecule has 0 radical (unpaired) electrons. The molecule has 3 unspecified atom stereocenters. The van der Waals surface area contributed by atoms with Gasteiger partial charge in [-0.15, -0.1) is 11.8 Å². The van der Waals surface area contributed by atoms with E-state index in [2.05, 4.69) is 17.6 Å². The van der Waals surface area contributed by atoms with Crippen LogP contribution in [0.15, 0.2) is 48.5 Å². The number of ether oxygens (including phenoxy) is 2. The van der Waals surface area contributed by atoms with Crippen LogP contribution in [0.25, 0.3) is 0 Å². The summed E-state index contributed by atoms with van der Waals surface area (Å²) in [7, 11) is 1.59. The van der Waals surface area contributed by atoms with Crippen molar-refractivity contribution in [1.82, 2.24) is 4.90 Å². The number of nitrogens with one attached hydrogen (secondary N) is 2. The molecule has 0 aliphatic carbocycles. The number of carbonyl (C=O) groups is 3. The highest BCUT2D eigenvalue weighted by molar-refractivity contribution is 8.02. The van der Waals surface area contributed by atoms with Crippen LogP contribution >= 0.6 is 11.8 Å². The van der Waals surface area contributed by atoms with Gasteiger partial charge in [0.1, 0.15) is 17.5 Å². The molecule has 10 heteroatoms. The van der Waals surface area contributed by atoms with E-state index in [1.54, 1.807) is 60.2 Å². The largest absolute Gasteiger partial charge is 0.497 e. The molecule has 0 saturated carbocycles. The van der Waals surface area contributed by atoms with E-state index in [0.29, 0.717) is 43.1 Å². The quantitative estimate of drug-likeness (QED) is 0.322. The van der Waals surface area contributed by atoms with Crippen molar-refractivity contribution in [2.45, 2.75) is 55.6 Å². The van der Waals surface area contributed by atoms with E-state index >= 15 is 0 Å². The van der Waals surface area contributed by atoms with Gasteiger partial charge in [-0.1, -0.05) is 6.92 Å². The minimum absolute atomic E-state index is 0.0468. The van der Waals surface area contributed by atoms with Gasteiger partial charge in [0, 0.05) is 29.8 Å². The van der Waals surface area contributed by atoms with Crippen molar-refractivity contribution in [2.75, 3.05) is 37.5 Å². The third-order valence-electron chi connectivity index (χ3n) is 8.64. The fraction of sp³-hybridized carbons (Fsp3) is 0.516. The van der Waals surface area contributed by atoms with Crippen LogP contribution < -0.4 is 20.1 Å². The van der Waals surface area contributed by atoms with Gasteiger partial charge >= 0.3 is 0 Å². The van der Waals surface area contributed by atoms with Crippen molar-refractivity contribution < 1.29 is 29.0 Å². The van der Waals surface area contributed by atoms with Crippen molar-refractivity contribution >= 4 is 40.9 Å². The molecule has 220 valence electrons. The molecular weight excluding hydrogens is 542 g/mol. The normalized spacial score (nSPS) is 28.0. The molecule has 2 aromatic carbocycles. The lowest BCUT2D eigenvalue weighted by Gasteiger charge is -2.38. The first-order chi connectivity index (χ1) is 19.8. The molecule has 3 aliphatic rings. The Morgan fingerprint density at radius 3 is 2.24 bits per heavy atom. The molecule has 41 heavy (non-hydrogen) atoms. The van der Waals surface area contributed by atoms with E-state index in [-0.39, 0.29) is 35.5 Å². The lowest BCUT2D eigenvalue weighted by molar-refractivity contribution is -0.138. The van der Waals surface area contributed by atoms with Crippen molar-refractivity contribution in [3.8, 4) is 11.5 Å². The fourth-order valence-electron chi connectivity index (χ4n) is 6.84. The molecular formula is C31H39N3O6S. The number of carbonyl (C=O) groups excluding carboxylic acids is 3. The zero-order valence-corrected chi connectivity index (χ0v) is 24.6. The summed E-state index contributed by atoms with van der Waals surface area (Å²) in [4.78, 5) is 43.7. The summed E-state index contributed by atoms with van der Waals surface area (Å²) in [5.41, 5.74) is 1.27. The number of thioether (sulfide) groups is 1. The van der Waals surface area contributed by atoms with Crippen molar-refractivity contribution in [1.29, 1.82) is 0 Å². The fourth-order valence-corrected chi connectivity index (χ4v) is 9.26. The number of hydrogen-bond donors (Lipinski definition) is 3. The van der Waals surface area contributed by atoms with Gasteiger partial charge in [0.25, 0.3) is 0 Å². The molecule has 3 fully saturated rings. The third kappa shape index (κ3) is 5.39. The highest BCUT2D eigenvalue weighted by Crippen LogP contribution is 2.68. The number of amides is 3. The first-order valence-corrected chi connectivity index (χ1v) is 15.3. The second-order valence-corrected chi connectivity index (χ2v) is 12.6. The summed E-state index contributed by atoms with van der Waals surface area (Å²) in [5.74, 6) is -0.184. The summed E-state index contributed by atoms with van der Waals surface area (Å²) in [5, 5.41) is 15.3. The maximum absolute atomic E-state index is 14.2. The van der Waals surface area contributed by atoms with E-state index in [1.807, 2.05) is 19.1 Å². The summed E-state index contributed by atoms with van der Waals surface area (Å²) in [6.45, 7) is 5.07. The Labute approximate surface area is 245 Å². The van der Waals surface area contributed by atoms with Crippen molar-refractivity contribution in [3.63, 3.8) is 0 Å². The van der Waals surface area contributed by atoms with Crippen LogP contribution in [0.4, 0.5) is 11.4 Å². The van der Waals surface area contributed by atoms with Crippen molar-refractivity contribution in [2.24, 2.45) is 17.8 Å². The number of methoxy groups -OCH3 is 1. The molecule has 0 aromatic heterocycles. The van der Waals surface area contributed by atoms with Crippen LogP contribution in [0.3, 0.4) is 0 Å². The molecule has 3 N–H and O–H groups in total. The number of unbranched alkanes of at least 4 members (excludes halogenated alkanes) is 2. The number of rotatable bonds is 12. The lowest BCUT2D eigenvalue weighted by Crippen LogP contribution is -2.54. The Morgan fingerprint density at radius 2 is 1.63 bits per heavy atom. The zero-order chi connectivity index (χ0) is 29.1.